The summed E-state index contributed by atoms with van der Waals surface area (Å²) in [5, 5.41) is 6.80. The summed E-state index contributed by atoms with van der Waals surface area (Å²) in [5.41, 5.74) is 0.590. The average Bonchev–Trinajstić information content (AvgIpc) is 2.23. The van der Waals surface area contributed by atoms with Gasteiger partial charge < -0.3 is 10.6 Å². The molecule has 0 radical (unpaired) electrons. The minimum atomic E-state index is -0.0647. The van der Waals surface area contributed by atoms with Gasteiger partial charge in [-0.2, -0.15) is 0 Å². The SMILES string of the molecule is CCNCCC(=O)Nc1ccc(Cl)cc1Cl. The van der Waals surface area contributed by atoms with Crippen molar-refractivity contribution in [2.24, 2.45) is 0 Å². The van der Waals surface area contributed by atoms with Crippen molar-refractivity contribution in [2.45, 2.75) is 13.3 Å². The monoisotopic (exact) mass is 260 g/mol. The quantitative estimate of drug-likeness (QED) is 0.800. The maximum atomic E-state index is 11.5. The minimum Gasteiger partial charge on any atom is -0.325 e. The van der Waals surface area contributed by atoms with Crippen LogP contribution in [0.3, 0.4) is 0 Å². The van der Waals surface area contributed by atoms with Crippen molar-refractivity contribution in [3.05, 3.63) is 28.2 Å². The van der Waals surface area contributed by atoms with E-state index in [1.165, 1.54) is 0 Å². The number of nitrogens with one attached hydrogen (secondary N) is 2. The number of amides is 1. The molecule has 2 N–H and O–H groups in total. The normalized spacial score (nSPS) is 10.2. The van der Waals surface area contributed by atoms with E-state index < -0.39 is 0 Å². The summed E-state index contributed by atoms with van der Waals surface area (Å²) >= 11 is 11.7. The topological polar surface area (TPSA) is 41.1 Å². The Morgan fingerprint density at radius 3 is 2.75 bits per heavy atom. The van der Waals surface area contributed by atoms with Gasteiger partial charge in [-0.1, -0.05) is 30.1 Å². The second-order valence-corrected chi connectivity index (χ2v) is 4.12. The minimum absolute atomic E-state index is 0.0647. The molecule has 3 nitrogen and oxygen atoms in total. The second-order valence-electron chi connectivity index (χ2n) is 3.28. The van der Waals surface area contributed by atoms with E-state index >= 15 is 0 Å². The van der Waals surface area contributed by atoms with Crippen LogP contribution < -0.4 is 10.6 Å². The highest BCUT2D eigenvalue weighted by Crippen LogP contribution is 2.25. The molecule has 16 heavy (non-hydrogen) atoms. The van der Waals surface area contributed by atoms with E-state index in [0.29, 0.717) is 28.7 Å². The van der Waals surface area contributed by atoms with Gasteiger partial charge >= 0.3 is 0 Å². The first-order chi connectivity index (χ1) is 7.63. The van der Waals surface area contributed by atoms with Crippen LogP contribution in [0.5, 0.6) is 0 Å². The van der Waals surface area contributed by atoms with Crippen molar-refractivity contribution < 1.29 is 4.79 Å². The first-order valence-electron chi connectivity index (χ1n) is 5.09. The van der Waals surface area contributed by atoms with Crippen LogP contribution >= 0.6 is 23.2 Å². The number of halogens is 2. The Hall–Kier alpha value is -0.770. The molecule has 0 saturated heterocycles. The molecule has 1 amide bonds. The number of hydrogen-bond donors (Lipinski definition) is 2. The summed E-state index contributed by atoms with van der Waals surface area (Å²) < 4.78 is 0. The molecule has 0 aliphatic heterocycles. The van der Waals surface area contributed by atoms with Gasteiger partial charge in [0.25, 0.3) is 0 Å². The van der Waals surface area contributed by atoms with Gasteiger partial charge in [0.1, 0.15) is 0 Å². The zero-order valence-corrected chi connectivity index (χ0v) is 10.5. The molecule has 5 heteroatoms. The standard InChI is InChI=1S/C11H14Cl2N2O/c1-2-14-6-5-11(16)15-10-4-3-8(12)7-9(10)13/h3-4,7,14H,2,5-6H2,1H3,(H,15,16). The summed E-state index contributed by atoms with van der Waals surface area (Å²) in [7, 11) is 0. The summed E-state index contributed by atoms with van der Waals surface area (Å²) in [6, 6.07) is 4.98. The van der Waals surface area contributed by atoms with E-state index in [9.17, 15) is 4.79 Å². The van der Waals surface area contributed by atoms with Crippen molar-refractivity contribution in [1.29, 1.82) is 0 Å². The van der Waals surface area contributed by atoms with Gasteiger partial charge in [0.05, 0.1) is 10.7 Å². The highest BCUT2D eigenvalue weighted by molar-refractivity contribution is 6.36. The maximum Gasteiger partial charge on any atom is 0.225 e. The molecule has 0 fully saturated rings. The van der Waals surface area contributed by atoms with Gasteiger partial charge in [-0.3, -0.25) is 4.79 Å². The highest BCUT2D eigenvalue weighted by atomic mass is 35.5. The molecule has 0 spiro atoms. The van der Waals surface area contributed by atoms with Crippen LogP contribution in [0, 0.1) is 0 Å². The Kier molecular flexibility index (Phi) is 5.60. The molecule has 0 aromatic heterocycles. The smallest absolute Gasteiger partial charge is 0.225 e. The Labute approximate surface area is 105 Å². The fourth-order valence-electron chi connectivity index (χ4n) is 1.18. The average molecular weight is 261 g/mol. The fourth-order valence-corrected chi connectivity index (χ4v) is 1.64. The molecule has 88 valence electrons. The van der Waals surface area contributed by atoms with Crippen LogP contribution in [0.15, 0.2) is 18.2 Å². The predicted octanol–water partition coefficient (Wildman–Crippen LogP) is 2.93. The van der Waals surface area contributed by atoms with Crippen LogP contribution in [0.2, 0.25) is 10.0 Å². The van der Waals surface area contributed by atoms with E-state index in [2.05, 4.69) is 10.6 Å². The molecule has 0 unspecified atom stereocenters. The van der Waals surface area contributed by atoms with Gasteiger partial charge in [-0.05, 0) is 24.7 Å². The number of anilines is 1. The third-order valence-electron chi connectivity index (χ3n) is 1.98. The van der Waals surface area contributed by atoms with Crippen LogP contribution in [0.4, 0.5) is 5.69 Å². The maximum absolute atomic E-state index is 11.5. The zero-order chi connectivity index (χ0) is 12.0. The Morgan fingerprint density at radius 1 is 1.38 bits per heavy atom. The van der Waals surface area contributed by atoms with Crippen LogP contribution in [-0.2, 0) is 4.79 Å². The molecule has 0 atom stereocenters. The zero-order valence-electron chi connectivity index (χ0n) is 9.02. The lowest BCUT2D eigenvalue weighted by molar-refractivity contribution is -0.116. The molecule has 0 aliphatic carbocycles. The molecule has 0 saturated carbocycles. The van der Waals surface area contributed by atoms with Gasteiger partial charge in [0.15, 0.2) is 0 Å². The molecule has 0 aliphatic rings. The van der Waals surface area contributed by atoms with E-state index in [1.54, 1.807) is 18.2 Å². The lowest BCUT2D eigenvalue weighted by Crippen LogP contribution is -2.21. The number of rotatable bonds is 5. The number of carbonyl (C=O) groups excluding carboxylic acids is 1. The molecule has 0 bridgehead atoms. The van der Waals surface area contributed by atoms with Gasteiger partial charge in [-0.15, -0.1) is 0 Å². The number of carbonyl (C=O) groups is 1. The van der Waals surface area contributed by atoms with E-state index in [-0.39, 0.29) is 5.91 Å². The third kappa shape index (κ3) is 4.39. The Balaban J connectivity index is 2.49. The van der Waals surface area contributed by atoms with E-state index in [0.717, 1.165) is 6.54 Å². The Morgan fingerprint density at radius 2 is 2.12 bits per heavy atom. The van der Waals surface area contributed by atoms with Crippen molar-refractivity contribution in [3.63, 3.8) is 0 Å². The molecule has 1 rings (SSSR count). The van der Waals surface area contributed by atoms with Gasteiger partial charge in [0.2, 0.25) is 5.91 Å². The first kappa shape index (κ1) is 13.3. The molecule has 1 aromatic rings. The second kappa shape index (κ2) is 6.74. The highest BCUT2D eigenvalue weighted by Gasteiger charge is 2.05. The fraction of sp³-hybridized carbons (Fsp3) is 0.364. The predicted molar refractivity (Wildman–Crippen MR) is 68.3 cm³/mol. The number of benzene rings is 1. The van der Waals surface area contributed by atoms with Crippen LogP contribution in [0.25, 0.3) is 0 Å². The summed E-state index contributed by atoms with van der Waals surface area (Å²) in [5.74, 6) is -0.0647. The summed E-state index contributed by atoms with van der Waals surface area (Å²) in [4.78, 5) is 11.5. The molecular weight excluding hydrogens is 247 g/mol. The van der Waals surface area contributed by atoms with Crippen LogP contribution in [-0.4, -0.2) is 19.0 Å². The van der Waals surface area contributed by atoms with Gasteiger partial charge in [0, 0.05) is 18.0 Å². The molecule has 0 heterocycles. The van der Waals surface area contributed by atoms with Crippen molar-refractivity contribution in [3.8, 4) is 0 Å². The van der Waals surface area contributed by atoms with Crippen molar-refractivity contribution >= 4 is 34.8 Å². The largest absolute Gasteiger partial charge is 0.325 e. The summed E-state index contributed by atoms with van der Waals surface area (Å²) in [6.07, 6.45) is 0.423. The van der Waals surface area contributed by atoms with E-state index in [1.807, 2.05) is 6.92 Å². The van der Waals surface area contributed by atoms with Crippen molar-refractivity contribution in [2.75, 3.05) is 18.4 Å². The lowest BCUT2D eigenvalue weighted by Gasteiger charge is -2.07. The number of hydrogen-bond acceptors (Lipinski definition) is 2. The lowest BCUT2D eigenvalue weighted by atomic mass is 10.3. The molecule has 1 aromatic carbocycles. The third-order valence-corrected chi connectivity index (χ3v) is 2.53. The molecular formula is C11H14Cl2N2O. The van der Waals surface area contributed by atoms with E-state index in [4.69, 9.17) is 23.2 Å². The Bertz CT molecular complexity index is 369. The first-order valence-corrected chi connectivity index (χ1v) is 5.84. The van der Waals surface area contributed by atoms with Gasteiger partial charge in [-0.25, -0.2) is 0 Å². The van der Waals surface area contributed by atoms with Crippen molar-refractivity contribution in [1.82, 2.24) is 5.32 Å². The summed E-state index contributed by atoms with van der Waals surface area (Å²) in [6.45, 7) is 3.51. The van der Waals surface area contributed by atoms with Crippen LogP contribution in [0.1, 0.15) is 13.3 Å².